The Kier molecular flexibility index (Phi) is 49.8. The van der Waals surface area contributed by atoms with E-state index in [0.717, 1.165) is 64.2 Å². The van der Waals surface area contributed by atoms with Crippen LogP contribution in [0, 0.1) is 0 Å². The summed E-state index contributed by atoms with van der Waals surface area (Å²) < 4.78 is 23.3. The number of phosphoric acid groups is 1. The van der Waals surface area contributed by atoms with E-state index in [4.69, 9.17) is 9.05 Å². The number of unbranched alkanes of at least 4 members (excludes halogenated alkanes) is 32. The zero-order chi connectivity index (χ0) is 50.6. The van der Waals surface area contributed by atoms with Crippen molar-refractivity contribution in [3.63, 3.8) is 0 Å². The van der Waals surface area contributed by atoms with Crippen LogP contribution in [0.2, 0.25) is 0 Å². The van der Waals surface area contributed by atoms with E-state index in [1.165, 1.54) is 180 Å². The molecule has 0 aromatic rings. The van der Waals surface area contributed by atoms with E-state index in [-0.39, 0.29) is 19.1 Å². The first-order valence-corrected chi connectivity index (χ1v) is 30.6. The van der Waals surface area contributed by atoms with E-state index in [0.29, 0.717) is 17.4 Å². The van der Waals surface area contributed by atoms with Crippen LogP contribution < -0.4 is 10.2 Å². The number of allylic oxidation sites excluding steroid dienone is 9. The molecule has 0 aliphatic heterocycles. The maximum Gasteiger partial charge on any atom is 0.268 e. The van der Waals surface area contributed by atoms with Gasteiger partial charge < -0.3 is 28.8 Å². The maximum atomic E-state index is 12.9. The number of carbonyl (C=O) groups excluding carboxylic acids is 1. The Morgan fingerprint density at radius 1 is 0.522 bits per heavy atom. The number of rotatable bonds is 53. The van der Waals surface area contributed by atoms with Crippen molar-refractivity contribution in [2.75, 3.05) is 40.9 Å². The van der Waals surface area contributed by atoms with E-state index in [9.17, 15) is 19.4 Å². The van der Waals surface area contributed by atoms with Crippen LogP contribution in [0.3, 0.4) is 0 Å². The molecule has 0 radical (unpaired) electrons. The fourth-order valence-electron chi connectivity index (χ4n) is 8.44. The molecular formula is C60H113N2O6P. The van der Waals surface area contributed by atoms with Crippen molar-refractivity contribution in [2.24, 2.45) is 0 Å². The molecule has 0 aliphatic rings. The summed E-state index contributed by atoms with van der Waals surface area (Å²) >= 11 is 0. The van der Waals surface area contributed by atoms with Gasteiger partial charge in [0.25, 0.3) is 7.82 Å². The first-order valence-electron chi connectivity index (χ1n) is 29.2. The lowest BCUT2D eigenvalue weighted by Crippen LogP contribution is -2.45. The van der Waals surface area contributed by atoms with Crippen LogP contribution in [-0.4, -0.2) is 68.5 Å². The van der Waals surface area contributed by atoms with Gasteiger partial charge in [0.2, 0.25) is 5.91 Å². The van der Waals surface area contributed by atoms with Crippen molar-refractivity contribution in [3.05, 3.63) is 60.8 Å². The summed E-state index contributed by atoms with van der Waals surface area (Å²) in [6.45, 7) is 4.54. The van der Waals surface area contributed by atoms with Gasteiger partial charge in [-0.05, 0) is 57.8 Å². The largest absolute Gasteiger partial charge is 0.756 e. The summed E-state index contributed by atoms with van der Waals surface area (Å²) in [5, 5.41) is 13.8. The molecule has 0 saturated heterocycles. The SMILES string of the molecule is CC/C=C\C/C=C\C/C=C\C/C=C\CCCCCCCCCCCCCCCCCCCCCCCCC(=O)NC(COP(=O)([O-])OCC[N+](C)(C)C)C(O)/C=C/CCCCCCCCCCCC. The predicted molar refractivity (Wildman–Crippen MR) is 297 cm³/mol. The monoisotopic (exact) mass is 989 g/mol. The number of nitrogens with one attached hydrogen (secondary N) is 1. The molecule has 0 saturated carbocycles. The van der Waals surface area contributed by atoms with Crippen LogP contribution in [0.5, 0.6) is 0 Å². The van der Waals surface area contributed by atoms with Crippen LogP contribution in [0.1, 0.15) is 264 Å². The second-order valence-electron chi connectivity index (χ2n) is 21.0. The van der Waals surface area contributed by atoms with E-state index in [1.807, 2.05) is 27.2 Å². The Balaban J connectivity index is 3.95. The summed E-state index contributed by atoms with van der Waals surface area (Å²) in [5.41, 5.74) is 0. The minimum atomic E-state index is -4.59. The van der Waals surface area contributed by atoms with E-state index < -0.39 is 20.0 Å². The van der Waals surface area contributed by atoms with Gasteiger partial charge in [-0.3, -0.25) is 9.36 Å². The molecule has 0 aromatic carbocycles. The van der Waals surface area contributed by atoms with Gasteiger partial charge in [0.1, 0.15) is 13.2 Å². The average molecular weight is 990 g/mol. The number of hydrogen-bond acceptors (Lipinski definition) is 6. The molecule has 0 bridgehead atoms. The number of phosphoric ester groups is 1. The number of amides is 1. The molecule has 404 valence electrons. The van der Waals surface area contributed by atoms with Crippen LogP contribution >= 0.6 is 7.82 Å². The average Bonchev–Trinajstić information content (AvgIpc) is 3.31. The number of aliphatic hydroxyl groups is 1. The van der Waals surface area contributed by atoms with Crippen molar-refractivity contribution in [3.8, 4) is 0 Å². The minimum absolute atomic E-state index is 0.000488. The predicted octanol–water partition coefficient (Wildman–Crippen LogP) is 17.1. The lowest BCUT2D eigenvalue weighted by molar-refractivity contribution is -0.870. The highest BCUT2D eigenvalue weighted by atomic mass is 31.2. The molecule has 2 N–H and O–H groups in total. The summed E-state index contributed by atoms with van der Waals surface area (Å²) in [6, 6.07) is -0.885. The second-order valence-corrected chi connectivity index (χ2v) is 22.4. The number of carbonyl (C=O) groups is 1. The van der Waals surface area contributed by atoms with Crippen molar-refractivity contribution in [1.82, 2.24) is 5.32 Å². The van der Waals surface area contributed by atoms with Crippen LogP contribution in [-0.2, 0) is 18.4 Å². The van der Waals surface area contributed by atoms with E-state index in [2.05, 4.69) is 67.8 Å². The zero-order valence-corrected chi connectivity index (χ0v) is 46.9. The fourth-order valence-corrected chi connectivity index (χ4v) is 9.16. The lowest BCUT2D eigenvalue weighted by Gasteiger charge is -2.29. The highest BCUT2D eigenvalue weighted by Crippen LogP contribution is 2.38. The lowest BCUT2D eigenvalue weighted by atomic mass is 10.0. The molecule has 1 amide bonds. The van der Waals surface area contributed by atoms with Gasteiger partial charge in [-0.1, -0.05) is 261 Å². The third-order valence-electron chi connectivity index (χ3n) is 13.0. The normalized spacial score (nSPS) is 14.4. The summed E-state index contributed by atoms with van der Waals surface area (Å²) in [4.78, 5) is 25.4. The summed E-state index contributed by atoms with van der Waals surface area (Å²) in [7, 11) is 1.27. The highest BCUT2D eigenvalue weighted by Gasteiger charge is 2.23. The quantitative estimate of drug-likeness (QED) is 0.0272. The van der Waals surface area contributed by atoms with E-state index >= 15 is 0 Å². The fraction of sp³-hybridized carbons (Fsp3) is 0.817. The molecule has 8 nitrogen and oxygen atoms in total. The van der Waals surface area contributed by atoms with Gasteiger partial charge in [-0.2, -0.15) is 0 Å². The van der Waals surface area contributed by atoms with Gasteiger partial charge >= 0.3 is 0 Å². The van der Waals surface area contributed by atoms with E-state index in [1.54, 1.807) is 6.08 Å². The maximum absolute atomic E-state index is 12.9. The van der Waals surface area contributed by atoms with Gasteiger partial charge in [-0.15, -0.1) is 0 Å². The molecule has 3 atom stereocenters. The first-order chi connectivity index (χ1) is 33.5. The number of hydrogen-bond donors (Lipinski definition) is 2. The number of aliphatic hydroxyl groups excluding tert-OH is 1. The molecule has 3 unspecified atom stereocenters. The third-order valence-corrected chi connectivity index (χ3v) is 13.9. The Morgan fingerprint density at radius 3 is 1.29 bits per heavy atom. The third kappa shape index (κ3) is 53.8. The number of nitrogens with zero attached hydrogens (tertiary/aromatic N) is 1. The van der Waals surface area contributed by atoms with Gasteiger partial charge in [0, 0.05) is 6.42 Å². The summed E-state index contributed by atoms with van der Waals surface area (Å²) in [5.74, 6) is -0.196. The van der Waals surface area contributed by atoms with Gasteiger partial charge in [0.05, 0.1) is 39.9 Å². The van der Waals surface area contributed by atoms with Crippen LogP contribution in [0.15, 0.2) is 60.8 Å². The molecule has 0 aliphatic carbocycles. The molecule has 69 heavy (non-hydrogen) atoms. The molecular weight excluding hydrogens is 876 g/mol. The molecule has 0 fully saturated rings. The number of likely N-dealkylation sites (N-methyl/N-ethyl adjacent to an activating group) is 1. The molecule has 0 rings (SSSR count). The molecule has 0 spiro atoms. The topological polar surface area (TPSA) is 108 Å². The Bertz CT molecular complexity index is 1310. The van der Waals surface area contributed by atoms with Crippen LogP contribution in [0.25, 0.3) is 0 Å². The Morgan fingerprint density at radius 2 is 0.884 bits per heavy atom. The number of quaternary nitrogens is 1. The van der Waals surface area contributed by atoms with Crippen molar-refractivity contribution in [1.29, 1.82) is 0 Å². The van der Waals surface area contributed by atoms with Crippen LogP contribution in [0.4, 0.5) is 0 Å². The van der Waals surface area contributed by atoms with Gasteiger partial charge in [0.15, 0.2) is 0 Å². The summed E-state index contributed by atoms with van der Waals surface area (Å²) in [6.07, 6.45) is 68.9. The van der Waals surface area contributed by atoms with Gasteiger partial charge in [-0.25, -0.2) is 0 Å². The Hall–Kier alpha value is -1.80. The van der Waals surface area contributed by atoms with Crippen molar-refractivity contribution >= 4 is 13.7 Å². The highest BCUT2D eigenvalue weighted by molar-refractivity contribution is 7.45. The molecule has 0 aromatic heterocycles. The minimum Gasteiger partial charge on any atom is -0.756 e. The first kappa shape index (κ1) is 67.2. The standard InChI is InChI=1S/C60H113N2O6P/c1-6-8-10-12-14-16-18-20-21-22-23-24-25-26-27-28-29-30-31-32-33-34-35-36-37-38-39-40-41-42-44-46-48-50-52-54-60(64)61-58(57-68-69(65,66)67-56-55-62(3,4)5)59(63)53-51-49-47-45-43-19-17-15-13-11-9-7-2/h8,10,14,16,20-21,23-24,51,53,58-59,63H,6-7,9,11-13,15,17-19,22,25-50,52,54-57H2,1-5H3,(H-,61,64,65,66)/b10-8-,16-14-,21-20-,24-23-,53-51+. The molecule has 0 heterocycles. The van der Waals surface area contributed by atoms with Crippen molar-refractivity contribution < 1.29 is 32.9 Å². The Labute approximate surface area is 428 Å². The zero-order valence-electron chi connectivity index (χ0n) is 46.0. The molecule has 9 heteroatoms. The smallest absolute Gasteiger partial charge is 0.268 e. The second kappa shape index (κ2) is 51.1. The van der Waals surface area contributed by atoms with Crippen molar-refractivity contribution in [2.45, 2.75) is 276 Å².